The van der Waals surface area contributed by atoms with E-state index < -0.39 is 22.9 Å². The van der Waals surface area contributed by atoms with E-state index in [-0.39, 0.29) is 24.9 Å². The lowest BCUT2D eigenvalue weighted by molar-refractivity contribution is -0.307. The van der Waals surface area contributed by atoms with Gasteiger partial charge in [0.05, 0.1) is 38.3 Å². The minimum atomic E-state index is -1.12. The quantitative estimate of drug-likeness (QED) is 0.558. The lowest BCUT2D eigenvalue weighted by atomic mass is 9.47. The van der Waals surface area contributed by atoms with Crippen LogP contribution in [0.5, 0.6) is 11.5 Å². The van der Waals surface area contributed by atoms with Gasteiger partial charge in [0.15, 0.2) is 5.13 Å². The van der Waals surface area contributed by atoms with Gasteiger partial charge in [-0.05, 0) is 49.1 Å². The lowest BCUT2D eigenvalue weighted by Crippen LogP contribution is -2.57. The second-order valence-electron chi connectivity index (χ2n) is 9.63. The molecule has 2 aliphatic carbocycles. The molecule has 1 saturated carbocycles. The first-order valence-corrected chi connectivity index (χ1v) is 11.9. The van der Waals surface area contributed by atoms with Gasteiger partial charge in [0.2, 0.25) is 0 Å². The zero-order valence-corrected chi connectivity index (χ0v) is 20.2. The molecule has 8 nitrogen and oxygen atoms in total. The zero-order valence-electron chi connectivity index (χ0n) is 19.4. The van der Waals surface area contributed by atoms with Crippen molar-refractivity contribution < 1.29 is 29.6 Å². The maximum Gasteiger partial charge on any atom is 0.187 e. The Labute approximate surface area is 197 Å². The Morgan fingerprint density at radius 1 is 1.33 bits per heavy atom. The van der Waals surface area contributed by atoms with Gasteiger partial charge in [-0.25, -0.2) is 4.98 Å². The highest BCUT2D eigenvalue weighted by molar-refractivity contribution is 7.15. The molecule has 0 aliphatic heterocycles. The second-order valence-corrected chi connectivity index (χ2v) is 10.7. The van der Waals surface area contributed by atoms with E-state index in [0.29, 0.717) is 41.6 Å². The number of anilines is 2. The summed E-state index contributed by atoms with van der Waals surface area (Å²) >= 11 is 1.47. The van der Waals surface area contributed by atoms with Crippen molar-refractivity contribution in [3.63, 3.8) is 0 Å². The third-order valence-corrected chi connectivity index (χ3v) is 8.92. The predicted octanol–water partition coefficient (Wildman–Crippen LogP) is 2.46. The van der Waals surface area contributed by atoms with Gasteiger partial charge in [0, 0.05) is 28.2 Å². The Hall–Kier alpha value is -2.36. The predicted molar refractivity (Wildman–Crippen MR) is 123 cm³/mol. The first-order chi connectivity index (χ1) is 15.7. The minimum absolute atomic E-state index is 0.0877. The summed E-state index contributed by atoms with van der Waals surface area (Å²) in [6.07, 6.45) is 1.01. The first kappa shape index (κ1) is 23.8. The molecule has 1 aromatic carbocycles. The number of fused-ring (bicyclic) bond motifs is 2. The number of carboxylic acids is 1. The number of thiazole rings is 1. The van der Waals surface area contributed by atoms with E-state index in [1.165, 1.54) is 11.3 Å². The van der Waals surface area contributed by atoms with Crippen molar-refractivity contribution in [2.45, 2.75) is 51.6 Å². The Kier molecular flexibility index (Phi) is 6.32. The van der Waals surface area contributed by atoms with Crippen molar-refractivity contribution in [3.05, 3.63) is 28.8 Å². The fourth-order valence-corrected chi connectivity index (χ4v) is 6.97. The fraction of sp³-hybridized carbons (Fsp3) is 0.583. The fourth-order valence-electron chi connectivity index (χ4n) is 5.89. The normalized spacial score (nSPS) is 30.8. The number of aliphatic hydroxyl groups is 2. The largest absolute Gasteiger partial charge is 0.550 e. The molecule has 0 unspecified atom stereocenters. The highest BCUT2D eigenvalue weighted by Crippen LogP contribution is 2.62. The number of carboxylic acid groups (broad SMARTS) is 1. The van der Waals surface area contributed by atoms with Gasteiger partial charge in [-0.2, -0.15) is 0 Å². The van der Waals surface area contributed by atoms with Gasteiger partial charge in [0.25, 0.3) is 0 Å². The number of ether oxygens (including phenoxy) is 2. The summed E-state index contributed by atoms with van der Waals surface area (Å²) in [5, 5.41) is 36.7. The highest BCUT2D eigenvalue weighted by Gasteiger charge is 2.58. The maximum absolute atomic E-state index is 11.8. The molecule has 1 heterocycles. The molecule has 4 rings (SSSR count). The van der Waals surface area contributed by atoms with E-state index in [1.807, 2.05) is 13.0 Å². The number of carbonyl (C=O) groups is 1. The summed E-state index contributed by atoms with van der Waals surface area (Å²) in [6, 6.07) is 5.43. The number of aliphatic hydroxyl groups excluding tert-OH is 2. The number of aromatic nitrogens is 1. The third-order valence-electron chi connectivity index (χ3n) is 7.91. The van der Waals surface area contributed by atoms with Crippen LogP contribution in [0.15, 0.2) is 18.2 Å². The van der Waals surface area contributed by atoms with Crippen LogP contribution in [0.2, 0.25) is 0 Å². The molecule has 33 heavy (non-hydrogen) atoms. The molecule has 5 atom stereocenters. The van der Waals surface area contributed by atoms with Gasteiger partial charge in [-0.15, -0.1) is 11.3 Å². The van der Waals surface area contributed by atoms with Gasteiger partial charge < -0.3 is 34.9 Å². The molecule has 180 valence electrons. The average molecular weight is 476 g/mol. The number of rotatable bonds is 7. The van der Waals surface area contributed by atoms with Crippen molar-refractivity contribution >= 4 is 28.1 Å². The summed E-state index contributed by atoms with van der Waals surface area (Å²) in [4.78, 5) is 17.6. The first-order valence-electron chi connectivity index (χ1n) is 11.1. The van der Waals surface area contributed by atoms with Gasteiger partial charge in [-0.1, -0.05) is 13.8 Å². The van der Waals surface area contributed by atoms with E-state index in [1.54, 1.807) is 26.4 Å². The number of methoxy groups -OCH3 is 2. The molecule has 2 aliphatic rings. The van der Waals surface area contributed by atoms with Crippen LogP contribution in [-0.2, 0) is 11.2 Å². The van der Waals surface area contributed by atoms with Crippen LogP contribution in [0.1, 0.15) is 49.6 Å². The van der Waals surface area contributed by atoms with Crippen molar-refractivity contribution in [3.8, 4) is 11.5 Å². The maximum atomic E-state index is 11.8. The summed E-state index contributed by atoms with van der Waals surface area (Å²) in [5.41, 5.74) is 0.313. The molecule has 0 bridgehead atoms. The Morgan fingerprint density at radius 2 is 2.09 bits per heavy atom. The van der Waals surface area contributed by atoms with E-state index in [2.05, 4.69) is 12.2 Å². The van der Waals surface area contributed by atoms with Crippen molar-refractivity contribution in [1.82, 2.24) is 4.98 Å². The number of hydrogen-bond acceptors (Lipinski definition) is 9. The number of carbonyl (C=O) groups excluding carboxylic acids is 1. The summed E-state index contributed by atoms with van der Waals surface area (Å²) < 4.78 is 10.8. The molecule has 0 amide bonds. The van der Waals surface area contributed by atoms with Crippen molar-refractivity contribution in [2.24, 2.45) is 16.7 Å². The van der Waals surface area contributed by atoms with Crippen LogP contribution in [0.3, 0.4) is 0 Å². The van der Waals surface area contributed by atoms with Crippen LogP contribution >= 0.6 is 11.3 Å². The Balaban J connectivity index is 1.76. The topological polar surface area (TPSA) is 124 Å². The third kappa shape index (κ3) is 3.96. The van der Waals surface area contributed by atoms with Crippen LogP contribution in [-0.4, -0.2) is 48.1 Å². The van der Waals surface area contributed by atoms with E-state index in [9.17, 15) is 20.1 Å². The molecule has 9 heteroatoms. The minimum Gasteiger partial charge on any atom is -0.550 e. The number of hydrogen-bond donors (Lipinski definition) is 3. The molecule has 0 saturated heterocycles. The Bertz CT molecular complexity index is 1040. The van der Waals surface area contributed by atoms with E-state index in [0.717, 1.165) is 10.6 Å². The number of benzene rings is 1. The number of nitrogens with one attached hydrogen (secondary N) is 1. The number of aliphatic carboxylic acids is 1. The second kappa shape index (κ2) is 8.77. The summed E-state index contributed by atoms with van der Waals surface area (Å²) in [7, 11) is 3.18. The van der Waals surface area contributed by atoms with Gasteiger partial charge in [-0.3, -0.25) is 0 Å². The molecular weight excluding hydrogens is 444 g/mol. The smallest absolute Gasteiger partial charge is 0.187 e. The monoisotopic (exact) mass is 475 g/mol. The molecule has 1 fully saturated rings. The van der Waals surface area contributed by atoms with Gasteiger partial charge >= 0.3 is 0 Å². The standard InChI is InChI=1S/C24H32N2O6S/c1-23-8-7-19(28)24(2,12-27)18(23)11-17-21(14(23)10-20(29)30)26-22(33-17)25-15-9-13(31-3)5-6-16(15)32-4/h5-6,9,14,18-19,27-28H,7-8,10-12H2,1-4H3,(H,25,26)(H,29,30)/p-1/t14-,18+,19-,23+,24+/m1/s1. The van der Waals surface area contributed by atoms with Crippen LogP contribution in [0.4, 0.5) is 10.8 Å². The van der Waals surface area contributed by atoms with Gasteiger partial charge in [0.1, 0.15) is 11.5 Å². The molecule has 1 aromatic heterocycles. The molecule has 2 aromatic rings. The summed E-state index contributed by atoms with van der Waals surface area (Å²) in [5.74, 6) is -0.280. The van der Waals surface area contributed by atoms with Crippen molar-refractivity contribution in [1.29, 1.82) is 0 Å². The zero-order chi connectivity index (χ0) is 24.0. The SMILES string of the molecule is COc1ccc(OC)c(Nc2nc3c(s2)C[C@@H]2[C@](C)(CO)[C@H](O)CC[C@@]2(C)[C@@H]3CC(=O)[O-])c1. The summed E-state index contributed by atoms with van der Waals surface area (Å²) in [6.45, 7) is 3.82. The van der Waals surface area contributed by atoms with Crippen LogP contribution < -0.4 is 19.9 Å². The van der Waals surface area contributed by atoms with Crippen LogP contribution in [0, 0.1) is 16.7 Å². The van der Waals surface area contributed by atoms with Crippen LogP contribution in [0.25, 0.3) is 0 Å². The number of nitrogens with zero attached hydrogens (tertiary/aromatic N) is 1. The Morgan fingerprint density at radius 3 is 2.73 bits per heavy atom. The lowest BCUT2D eigenvalue weighted by Gasteiger charge is -2.58. The molecule has 3 N–H and O–H groups in total. The highest BCUT2D eigenvalue weighted by atomic mass is 32.1. The van der Waals surface area contributed by atoms with Crippen molar-refractivity contribution in [2.75, 3.05) is 26.1 Å². The van der Waals surface area contributed by atoms with E-state index in [4.69, 9.17) is 14.5 Å². The van der Waals surface area contributed by atoms with E-state index >= 15 is 0 Å². The molecule has 0 radical (unpaired) electrons. The average Bonchev–Trinajstić information content (AvgIpc) is 3.19. The molecule has 0 spiro atoms. The molecular formula is C24H31N2O6S-.